The van der Waals surface area contributed by atoms with E-state index in [2.05, 4.69) is 199 Å². The summed E-state index contributed by atoms with van der Waals surface area (Å²) < 4.78 is 2.22. The summed E-state index contributed by atoms with van der Waals surface area (Å²) in [6.45, 7) is 0. The van der Waals surface area contributed by atoms with Crippen LogP contribution in [0, 0.1) is 0 Å². The molecule has 258 valence electrons. The van der Waals surface area contributed by atoms with Gasteiger partial charge in [0.15, 0.2) is 11.6 Å². The number of para-hydroxylation sites is 2. The maximum atomic E-state index is 5.28. The Labute approximate surface area is 319 Å². The van der Waals surface area contributed by atoms with Crippen molar-refractivity contribution in [3.63, 3.8) is 0 Å². The Morgan fingerprint density at radius 2 is 0.709 bits per heavy atom. The molecule has 0 aliphatic rings. The van der Waals surface area contributed by atoms with E-state index in [1.54, 1.807) is 0 Å². The molecular weight excluding hydrogens is 669 g/mol. The van der Waals surface area contributed by atoms with Gasteiger partial charge in [0.25, 0.3) is 0 Å². The molecule has 0 saturated heterocycles. The molecule has 10 aromatic rings. The minimum Gasteiger partial charge on any atom is -0.277 e. The monoisotopic (exact) mass is 702 g/mol. The van der Waals surface area contributed by atoms with E-state index < -0.39 is 0 Å². The Morgan fingerprint density at radius 1 is 0.291 bits per heavy atom. The zero-order valence-corrected chi connectivity index (χ0v) is 29.9. The van der Waals surface area contributed by atoms with Gasteiger partial charge < -0.3 is 0 Å². The molecule has 55 heavy (non-hydrogen) atoms. The molecule has 8 aromatic carbocycles. The zero-order chi connectivity index (χ0) is 36.6. The van der Waals surface area contributed by atoms with Gasteiger partial charge in [-0.2, -0.15) is 9.97 Å². The SMILES string of the molecule is c1ccc(-c2ccc(-c3nc(-c4ccc(-c5ccccc5)cc4)nc(-n4c5ccccc5c5cccc(-c6cccc(-c7ccccc7)c6)c54)n3)cc2)cc1. The van der Waals surface area contributed by atoms with Gasteiger partial charge in [0.05, 0.1) is 11.0 Å². The quantitative estimate of drug-likeness (QED) is 0.166. The summed E-state index contributed by atoms with van der Waals surface area (Å²) in [6.07, 6.45) is 0. The van der Waals surface area contributed by atoms with Gasteiger partial charge in [0, 0.05) is 27.5 Å². The lowest BCUT2D eigenvalue weighted by Crippen LogP contribution is -2.07. The molecule has 0 fully saturated rings. The third kappa shape index (κ3) is 6.06. The zero-order valence-electron chi connectivity index (χ0n) is 29.9. The number of benzene rings is 8. The summed E-state index contributed by atoms with van der Waals surface area (Å²) in [4.78, 5) is 15.7. The molecule has 0 atom stereocenters. The van der Waals surface area contributed by atoms with E-state index in [1.165, 1.54) is 22.3 Å². The van der Waals surface area contributed by atoms with E-state index in [4.69, 9.17) is 15.0 Å². The van der Waals surface area contributed by atoms with Crippen LogP contribution in [-0.4, -0.2) is 19.5 Å². The molecule has 0 bridgehead atoms. The van der Waals surface area contributed by atoms with E-state index in [-0.39, 0.29) is 0 Å². The Bertz CT molecular complexity index is 2830. The molecule has 0 N–H and O–H groups in total. The fourth-order valence-corrected chi connectivity index (χ4v) is 7.56. The molecule has 0 spiro atoms. The molecular formula is C51H34N4. The fraction of sp³-hybridized carbons (Fsp3) is 0. The number of nitrogens with zero attached hydrogens (tertiary/aromatic N) is 4. The van der Waals surface area contributed by atoms with E-state index in [0.717, 1.165) is 55.2 Å². The number of fused-ring (bicyclic) bond motifs is 3. The fourth-order valence-electron chi connectivity index (χ4n) is 7.56. The van der Waals surface area contributed by atoms with Gasteiger partial charge in [-0.05, 0) is 51.1 Å². The first-order chi connectivity index (χ1) is 27.3. The predicted molar refractivity (Wildman–Crippen MR) is 227 cm³/mol. The van der Waals surface area contributed by atoms with E-state index in [0.29, 0.717) is 17.6 Å². The van der Waals surface area contributed by atoms with Crippen molar-refractivity contribution in [3.8, 4) is 73.2 Å². The number of hydrogen-bond donors (Lipinski definition) is 0. The smallest absolute Gasteiger partial charge is 0.238 e. The van der Waals surface area contributed by atoms with Crippen LogP contribution in [0.1, 0.15) is 0 Å². The molecule has 4 nitrogen and oxygen atoms in total. The predicted octanol–water partition coefficient (Wildman–Crippen LogP) is 13.0. The summed E-state index contributed by atoms with van der Waals surface area (Å²) >= 11 is 0. The van der Waals surface area contributed by atoms with Crippen molar-refractivity contribution >= 4 is 21.8 Å². The van der Waals surface area contributed by atoms with Crippen LogP contribution in [0.25, 0.3) is 95.0 Å². The highest BCUT2D eigenvalue weighted by Gasteiger charge is 2.21. The van der Waals surface area contributed by atoms with Gasteiger partial charge in [-0.25, -0.2) is 4.98 Å². The number of rotatable bonds is 7. The summed E-state index contributed by atoms with van der Waals surface area (Å²) in [6, 6.07) is 72.2. The van der Waals surface area contributed by atoms with Crippen LogP contribution in [0.5, 0.6) is 0 Å². The molecule has 0 amide bonds. The lowest BCUT2D eigenvalue weighted by molar-refractivity contribution is 0.954. The van der Waals surface area contributed by atoms with Crippen molar-refractivity contribution in [1.29, 1.82) is 0 Å². The van der Waals surface area contributed by atoms with Gasteiger partial charge >= 0.3 is 0 Å². The second-order valence-electron chi connectivity index (χ2n) is 13.7. The lowest BCUT2D eigenvalue weighted by atomic mass is 9.97. The molecule has 0 radical (unpaired) electrons. The molecule has 0 saturated carbocycles. The van der Waals surface area contributed by atoms with Crippen LogP contribution >= 0.6 is 0 Å². The van der Waals surface area contributed by atoms with E-state index in [1.807, 2.05) is 12.1 Å². The second kappa shape index (κ2) is 13.8. The standard InChI is InChI=1S/C51H34N4/c1-4-14-35(15-5-1)38-26-30-40(31-27-38)49-52-50(41-32-28-39(29-33-41)36-16-6-2-7-17-36)54-51(53-49)55-47-25-11-10-22-45(47)46-24-13-23-44(48(46)55)43-21-12-20-42(34-43)37-18-8-3-9-19-37/h1-34H. The van der Waals surface area contributed by atoms with Crippen LogP contribution in [0.4, 0.5) is 0 Å². The van der Waals surface area contributed by atoms with Crippen LogP contribution in [0.15, 0.2) is 206 Å². The Kier molecular flexibility index (Phi) is 8.12. The molecule has 4 heteroatoms. The molecule has 0 aliphatic heterocycles. The van der Waals surface area contributed by atoms with Crippen molar-refractivity contribution in [3.05, 3.63) is 206 Å². The molecule has 2 aromatic heterocycles. The van der Waals surface area contributed by atoms with Gasteiger partial charge in [-0.15, -0.1) is 0 Å². The number of aromatic nitrogens is 4. The van der Waals surface area contributed by atoms with Crippen molar-refractivity contribution < 1.29 is 0 Å². The topological polar surface area (TPSA) is 43.6 Å². The molecule has 10 rings (SSSR count). The van der Waals surface area contributed by atoms with Crippen molar-refractivity contribution in [2.45, 2.75) is 0 Å². The highest BCUT2D eigenvalue weighted by molar-refractivity contribution is 6.13. The van der Waals surface area contributed by atoms with Crippen LogP contribution in [0.3, 0.4) is 0 Å². The molecule has 0 unspecified atom stereocenters. The highest BCUT2D eigenvalue weighted by Crippen LogP contribution is 2.39. The first kappa shape index (κ1) is 32.2. The Hall–Kier alpha value is -7.43. The normalized spacial score (nSPS) is 11.3. The Balaban J connectivity index is 1.19. The third-order valence-corrected chi connectivity index (χ3v) is 10.3. The summed E-state index contributed by atoms with van der Waals surface area (Å²) in [5, 5.41) is 2.28. The third-order valence-electron chi connectivity index (χ3n) is 10.3. The van der Waals surface area contributed by atoms with Gasteiger partial charge in [0.2, 0.25) is 5.95 Å². The largest absolute Gasteiger partial charge is 0.277 e. The van der Waals surface area contributed by atoms with E-state index >= 15 is 0 Å². The highest BCUT2D eigenvalue weighted by atomic mass is 15.2. The van der Waals surface area contributed by atoms with Gasteiger partial charge in [0.1, 0.15) is 0 Å². The maximum Gasteiger partial charge on any atom is 0.238 e. The van der Waals surface area contributed by atoms with Gasteiger partial charge in [-0.3, -0.25) is 4.57 Å². The maximum absolute atomic E-state index is 5.28. The van der Waals surface area contributed by atoms with Crippen molar-refractivity contribution in [2.75, 3.05) is 0 Å². The summed E-state index contributed by atoms with van der Waals surface area (Å²) in [5.74, 6) is 1.79. The van der Waals surface area contributed by atoms with Crippen LogP contribution in [-0.2, 0) is 0 Å². The molecule has 0 aliphatic carbocycles. The average molecular weight is 703 g/mol. The van der Waals surface area contributed by atoms with Crippen LogP contribution in [0.2, 0.25) is 0 Å². The van der Waals surface area contributed by atoms with Crippen molar-refractivity contribution in [1.82, 2.24) is 19.5 Å². The average Bonchev–Trinajstić information content (AvgIpc) is 3.62. The Morgan fingerprint density at radius 3 is 1.29 bits per heavy atom. The second-order valence-corrected chi connectivity index (χ2v) is 13.7. The first-order valence-corrected chi connectivity index (χ1v) is 18.5. The minimum absolute atomic E-state index is 0.567. The number of hydrogen-bond acceptors (Lipinski definition) is 3. The van der Waals surface area contributed by atoms with Gasteiger partial charge in [-0.1, -0.05) is 194 Å². The lowest BCUT2D eigenvalue weighted by Gasteiger charge is -2.14. The first-order valence-electron chi connectivity index (χ1n) is 18.5. The molecule has 2 heterocycles. The minimum atomic E-state index is 0.567. The van der Waals surface area contributed by atoms with Crippen molar-refractivity contribution in [2.24, 2.45) is 0 Å². The summed E-state index contributed by atoms with van der Waals surface area (Å²) in [7, 11) is 0. The summed E-state index contributed by atoms with van der Waals surface area (Å²) in [5.41, 5.74) is 13.1. The van der Waals surface area contributed by atoms with E-state index in [9.17, 15) is 0 Å². The van der Waals surface area contributed by atoms with Crippen LogP contribution < -0.4 is 0 Å².